The summed E-state index contributed by atoms with van der Waals surface area (Å²) in [7, 11) is 3.12. The summed E-state index contributed by atoms with van der Waals surface area (Å²) in [5, 5.41) is 0. The fourth-order valence-corrected chi connectivity index (χ4v) is 2.39. The SMILES string of the molecule is C=C[C@@](C)(C(=O)c1ccc(OC)cc1OC)c1ccccc1. The number of ketones is 1. The maximum absolute atomic E-state index is 13.1. The number of rotatable bonds is 6. The third-order valence-electron chi connectivity index (χ3n) is 3.91. The molecule has 0 amide bonds. The largest absolute Gasteiger partial charge is 0.497 e. The highest BCUT2D eigenvalue weighted by molar-refractivity contribution is 6.07. The van der Waals surface area contributed by atoms with Crippen molar-refractivity contribution < 1.29 is 14.3 Å². The number of carbonyl (C=O) groups excluding carboxylic acids is 1. The summed E-state index contributed by atoms with van der Waals surface area (Å²) in [5.74, 6) is 1.08. The molecule has 0 heterocycles. The highest BCUT2D eigenvalue weighted by Crippen LogP contribution is 2.34. The zero-order valence-corrected chi connectivity index (χ0v) is 13.1. The Balaban J connectivity index is 2.52. The molecule has 0 aliphatic rings. The summed E-state index contributed by atoms with van der Waals surface area (Å²) >= 11 is 0. The summed E-state index contributed by atoms with van der Waals surface area (Å²) in [6.45, 7) is 5.72. The van der Waals surface area contributed by atoms with Gasteiger partial charge >= 0.3 is 0 Å². The van der Waals surface area contributed by atoms with Gasteiger partial charge in [-0.2, -0.15) is 0 Å². The van der Waals surface area contributed by atoms with Crippen molar-refractivity contribution in [1.82, 2.24) is 0 Å². The maximum atomic E-state index is 13.1. The van der Waals surface area contributed by atoms with E-state index in [0.29, 0.717) is 17.1 Å². The van der Waals surface area contributed by atoms with Crippen LogP contribution in [0.5, 0.6) is 11.5 Å². The molecule has 0 saturated carbocycles. The summed E-state index contributed by atoms with van der Waals surface area (Å²) in [6.07, 6.45) is 1.67. The van der Waals surface area contributed by atoms with Gasteiger partial charge in [0, 0.05) is 6.07 Å². The lowest BCUT2D eigenvalue weighted by atomic mass is 9.76. The van der Waals surface area contributed by atoms with Gasteiger partial charge in [0.15, 0.2) is 5.78 Å². The van der Waals surface area contributed by atoms with Gasteiger partial charge in [-0.3, -0.25) is 4.79 Å². The number of benzene rings is 2. The number of ether oxygens (including phenoxy) is 2. The maximum Gasteiger partial charge on any atom is 0.180 e. The van der Waals surface area contributed by atoms with E-state index in [-0.39, 0.29) is 5.78 Å². The Morgan fingerprint density at radius 1 is 1.09 bits per heavy atom. The topological polar surface area (TPSA) is 35.5 Å². The molecular formula is C19H20O3. The zero-order chi connectivity index (χ0) is 16.2. The Hall–Kier alpha value is -2.55. The molecule has 0 unspecified atom stereocenters. The third kappa shape index (κ3) is 2.75. The van der Waals surface area contributed by atoms with Gasteiger partial charge < -0.3 is 9.47 Å². The van der Waals surface area contributed by atoms with Crippen LogP contribution in [0, 0.1) is 0 Å². The van der Waals surface area contributed by atoms with Gasteiger partial charge in [-0.05, 0) is 24.6 Å². The Labute approximate surface area is 131 Å². The Bertz CT molecular complexity index is 676. The first-order chi connectivity index (χ1) is 10.6. The van der Waals surface area contributed by atoms with E-state index in [1.165, 1.54) is 0 Å². The lowest BCUT2D eigenvalue weighted by molar-refractivity contribution is 0.0924. The molecule has 0 aromatic heterocycles. The number of Topliss-reactive ketones (excluding diaryl/α,β-unsaturated/α-hetero) is 1. The molecule has 3 heteroatoms. The lowest BCUT2D eigenvalue weighted by Crippen LogP contribution is -2.30. The van der Waals surface area contributed by atoms with Gasteiger partial charge in [0.1, 0.15) is 11.5 Å². The number of hydrogen-bond acceptors (Lipinski definition) is 3. The van der Waals surface area contributed by atoms with Crippen molar-refractivity contribution in [1.29, 1.82) is 0 Å². The molecule has 0 bridgehead atoms. The van der Waals surface area contributed by atoms with Crippen LogP contribution in [0.25, 0.3) is 0 Å². The van der Waals surface area contributed by atoms with E-state index in [2.05, 4.69) is 6.58 Å². The van der Waals surface area contributed by atoms with E-state index in [4.69, 9.17) is 9.47 Å². The molecule has 2 rings (SSSR count). The van der Waals surface area contributed by atoms with Crippen LogP contribution in [-0.2, 0) is 5.41 Å². The van der Waals surface area contributed by atoms with E-state index in [0.717, 1.165) is 5.56 Å². The quantitative estimate of drug-likeness (QED) is 0.596. The second kappa shape index (κ2) is 6.48. The van der Waals surface area contributed by atoms with Gasteiger partial charge in [0.25, 0.3) is 0 Å². The van der Waals surface area contributed by atoms with Gasteiger partial charge in [-0.1, -0.05) is 36.4 Å². The molecule has 1 atom stereocenters. The Morgan fingerprint density at radius 2 is 1.77 bits per heavy atom. The highest BCUT2D eigenvalue weighted by atomic mass is 16.5. The van der Waals surface area contributed by atoms with E-state index < -0.39 is 5.41 Å². The van der Waals surface area contributed by atoms with Crippen molar-refractivity contribution in [2.75, 3.05) is 14.2 Å². The fraction of sp³-hybridized carbons (Fsp3) is 0.211. The van der Waals surface area contributed by atoms with Crippen molar-refractivity contribution in [2.24, 2.45) is 0 Å². The predicted octanol–water partition coefficient (Wildman–Crippen LogP) is 4.03. The summed E-state index contributed by atoms with van der Waals surface area (Å²) in [5.41, 5.74) is 0.589. The van der Waals surface area contributed by atoms with Gasteiger partial charge in [-0.15, -0.1) is 6.58 Å². The van der Waals surface area contributed by atoms with Crippen molar-refractivity contribution >= 4 is 5.78 Å². The molecule has 114 valence electrons. The fourth-order valence-electron chi connectivity index (χ4n) is 2.39. The van der Waals surface area contributed by atoms with Crippen LogP contribution in [0.15, 0.2) is 61.2 Å². The molecule has 22 heavy (non-hydrogen) atoms. The number of allylic oxidation sites excluding steroid dienone is 1. The summed E-state index contributed by atoms with van der Waals surface area (Å²) in [4.78, 5) is 13.1. The third-order valence-corrected chi connectivity index (χ3v) is 3.91. The molecule has 0 aliphatic heterocycles. The first kappa shape index (κ1) is 15.8. The second-order valence-corrected chi connectivity index (χ2v) is 5.17. The van der Waals surface area contributed by atoms with Crippen LogP contribution in [0.4, 0.5) is 0 Å². The lowest BCUT2D eigenvalue weighted by Gasteiger charge is -2.25. The van der Waals surface area contributed by atoms with Crippen LogP contribution in [0.2, 0.25) is 0 Å². The minimum absolute atomic E-state index is 0.0618. The standard InChI is InChI=1S/C19H20O3/c1-5-19(2,14-9-7-6-8-10-14)18(20)16-12-11-15(21-3)13-17(16)22-4/h5-13H,1H2,2-4H3/t19-/m1/s1. The van der Waals surface area contributed by atoms with Crippen LogP contribution in [0.1, 0.15) is 22.8 Å². The second-order valence-electron chi connectivity index (χ2n) is 5.17. The monoisotopic (exact) mass is 296 g/mol. The number of methoxy groups -OCH3 is 2. The Morgan fingerprint density at radius 3 is 2.32 bits per heavy atom. The molecule has 2 aromatic rings. The minimum Gasteiger partial charge on any atom is -0.497 e. The van der Waals surface area contributed by atoms with Crippen LogP contribution < -0.4 is 9.47 Å². The molecule has 2 aromatic carbocycles. The van der Waals surface area contributed by atoms with Crippen molar-refractivity contribution in [3.8, 4) is 11.5 Å². The molecule has 0 fully saturated rings. The van der Waals surface area contributed by atoms with Gasteiger partial charge in [0.2, 0.25) is 0 Å². The smallest absolute Gasteiger partial charge is 0.180 e. The highest BCUT2D eigenvalue weighted by Gasteiger charge is 2.34. The van der Waals surface area contributed by atoms with E-state index in [9.17, 15) is 4.79 Å². The number of carbonyl (C=O) groups is 1. The number of hydrogen-bond donors (Lipinski definition) is 0. The van der Waals surface area contributed by atoms with Crippen molar-refractivity contribution in [3.63, 3.8) is 0 Å². The van der Waals surface area contributed by atoms with Crippen molar-refractivity contribution in [2.45, 2.75) is 12.3 Å². The average Bonchev–Trinajstić information content (AvgIpc) is 2.60. The van der Waals surface area contributed by atoms with Crippen molar-refractivity contribution in [3.05, 3.63) is 72.3 Å². The van der Waals surface area contributed by atoms with E-state index in [1.54, 1.807) is 38.5 Å². The molecule has 0 aliphatic carbocycles. The average molecular weight is 296 g/mol. The van der Waals surface area contributed by atoms with Crippen LogP contribution >= 0.6 is 0 Å². The molecule has 0 spiro atoms. The molecule has 0 N–H and O–H groups in total. The molecule has 0 saturated heterocycles. The van der Waals surface area contributed by atoms with Crippen LogP contribution in [0.3, 0.4) is 0 Å². The molecular weight excluding hydrogens is 276 g/mol. The first-order valence-corrected chi connectivity index (χ1v) is 7.02. The Kier molecular flexibility index (Phi) is 4.66. The van der Waals surface area contributed by atoms with Crippen LogP contribution in [-0.4, -0.2) is 20.0 Å². The van der Waals surface area contributed by atoms with Gasteiger partial charge in [-0.25, -0.2) is 0 Å². The zero-order valence-electron chi connectivity index (χ0n) is 13.1. The predicted molar refractivity (Wildman–Crippen MR) is 87.9 cm³/mol. The first-order valence-electron chi connectivity index (χ1n) is 7.02. The molecule has 0 radical (unpaired) electrons. The van der Waals surface area contributed by atoms with E-state index in [1.807, 2.05) is 37.3 Å². The molecule has 3 nitrogen and oxygen atoms in total. The van der Waals surface area contributed by atoms with Gasteiger partial charge in [0.05, 0.1) is 25.2 Å². The normalized spacial score (nSPS) is 13.0. The minimum atomic E-state index is -0.816. The van der Waals surface area contributed by atoms with E-state index >= 15 is 0 Å². The summed E-state index contributed by atoms with van der Waals surface area (Å²) in [6, 6.07) is 14.8. The summed E-state index contributed by atoms with van der Waals surface area (Å²) < 4.78 is 10.5.